The zero-order valence-electron chi connectivity index (χ0n) is 12.4. The molecule has 0 radical (unpaired) electrons. The Labute approximate surface area is 123 Å². The Morgan fingerprint density at radius 1 is 1.29 bits per heavy atom. The summed E-state index contributed by atoms with van der Waals surface area (Å²) in [6.07, 6.45) is 0.998. The van der Waals surface area contributed by atoms with Crippen molar-refractivity contribution < 1.29 is 19.5 Å². The van der Waals surface area contributed by atoms with E-state index in [4.69, 9.17) is 5.11 Å². The van der Waals surface area contributed by atoms with Gasteiger partial charge in [-0.05, 0) is 18.6 Å². The van der Waals surface area contributed by atoms with E-state index in [2.05, 4.69) is 5.32 Å². The maximum absolute atomic E-state index is 12.3. The lowest BCUT2D eigenvalue weighted by Gasteiger charge is -2.20. The van der Waals surface area contributed by atoms with Crippen LogP contribution in [0, 0.1) is 0 Å². The van der Waals surface area contributed by atoms with Crippen molar-refractivity contribution in [1.82, 2.24) is 5.32 Å². The fraction of sp³-hybridized carbons (Fsp3) is 0.400. The third-order valence-electron chi connectivity index (χ3n) is 3.16. The molecule has 0 saturated carbocycles. The Morgan fingerprint density at radius 3 is 2.43 bits per heavy atom. The first-order chi connectivity index (χ1) is 9.88. The highest BCUT2D eigenvalue weighted by atomic mass is 16.4. The molecule has 0 aromatic heterocycles. The van der Waals surface area contributed by atoms with Crippen LogP contribution in [0.1, 0.15) is 37.0 Å². The topological polar surface area (TPSA) is 86.7 Å². The van der Waals surface area contributed by atoms with Crippen LogP contribution in [0.25, 0.3) is 0 Å². The summed E-state index contributed by atoms with van der Waals surface area (Å²) in [5.74, 6) is -1.78. The molecule has 2 amide bonds. The molecule has 21 heavy (non-hydrogen) atoms. The van der Waals surface area contributed by atoms with Crippen molar-refractivity contribution in [1.29, 1.82) is 0 Å². The highest BCUT2D eigenvalue weighted by Gasteiger charge is 2.22. The minimum absolute atomic E-state index is 0.210. The van der Waals surface area contributed by atoms with Crippen LogP contribution in [0.5, 0.6) is 0 Å². The third kappa shape index (κ3) is 4.30. The maximum atomic E-state index is 12.3. The molecule has 1 aromatic carbocycles. The van der Waals surface area contributed by atoms with E-state index in [-0.39, 0.29) is 11.5 Å². The number of carbonyl (C=O) groups is 3. The van der Waals surface area contributed by atoms with E-state index in [1.807, 2.05) is 6.92 Å². The van der Waals surface area contributed by atoms with Gasteiger partial charge in [-0.1, -0.05) is 25.5 Å². The first kappa shape index (κ1) is 16.7. The van der Waals surface area contributed by atoms with Gasteiger partial charge < -0.3 is 15.3 Å². The first-order valence-corrected chi connectivity index (χ1v) is 6.75. The van der Waals surface area contributed by atoms with Crippen LogP contribution in [-0.2, 0) is 9.59 Å². The summed E-state index contributed by atoms with van der Waals surface area (Å²) >= 11 is 0. The van der Waals surface area contributed by atoms with E-state index in [1.54, 1.807) is 31.3 Å². The van der Waals surface area contributed by atoms with Gasteiger partial charge in [-0.25, -0.2) is 4.79 Å². The van der Waals surface area contributed by atoms with Crippen LogP contribution >= 0.6 is 0 Å². The fourth-order valence-electron chi connectivity index (χ4n) is 1.91. The van der Waals surface area contributed by atoms with Gasteiger partial charge in [0.25, 0.3) is 5.91 Å². The molecule has 0 aliphatic heterocycles. The Hall–Kier alpha value is -2.37. The number of benzene rings is 1. The van der Waals surface area contributed by atoms with E-state index >= 15 is 0 Å². The minimum Gasteiger partial charge on any atom is -0.480 e. The van der Waals surface area contributed by atoms with Crippen molar-refractivity contribution in [2.24, 2.45) is 0 Å². The molecule has 0 aliphatic rings. The molecule has 6 nitrogen and oxygen atoms in total. The summed E-state index contributed by atoms with van der Waals surface area (Å²) in [5, 5.41) is 11.6. The average molecular weight is 292 g/mol. The number of carboxylic acid groups (broad SMARTS) is 1. The lowest BCUT2D eigenvalue weighted by molar-refractivity contribution is -0.139. The van der Waals surface area contributed by atoms with Gasteiger partial charge in [0.05, 0.1) is 11.3 Å². The van der Waals surface area contributed by atoms with Crippen LogP contribution in [-0.4, -0.2) is 36.0 Å². The first-order valence-electron chi connectivity index (χ1n) is 6.75. The Morgan fingerprint density at radius 2 is 1.90 bits per heavy atom. The molecule has 1 unspecified atom stereocenters. The second-order valence-corrected chi connectivity index (χ2v) is 4.75. The molecule has 0 bridgehead atoms. The number of nitrogens with one attached hydrogen (secondary N) is 1. The Bertz CT molecular complexity index is 542. The smallest absolute Gasteiger partial charge is 0.326 e. The summed E-state index contributed by atoms with van der Waals surface area (Å²) in [4.78, 5) is 36.2. The summed E-state index contributed by atoms with van der Waals surface area (Å²) in [7, 11) is 1.56. The quantitative estimate of drug-likeness (QED) is 0.834. The van der Waals surface area contributed by atoms with Gasteiger partial charge in [0, 0.05) is 14.0 Å². The maximum Gasteiger partial charge on any atom is 0.326 e. The van der Waals surface area contributed by atoms with E-state index < -0.39 is 17.9 Å². The van der Waals surface area contributed by atoms with Crippen LogP contribution < -0.4 is 10.2 Å². The van der Waals surface area contributed by atoms with Gasteiger partial charge in [-0.2, -0.15) is 0 Å². The number of anilines is 1. The highest BCUT2D eigenvalue weighted by Crippen LogP contribution is 2.19. The molecule has 0 spiro atoms. The summed E-state index contributed by atoms with van der Waals surface area (Å²) in [5.41, 5.74) is 0.723. The number of aliphatic carboxylic acids is 1. The molecule has 1 atom stereocenters. The van der Waals surface area contributed by atoms with Crippen molar-refractivity contribution in [3.63, 3.8) is 0 Å². The number of nitrogens with zero attached hydrogens (tertiary/aromatic N) is 1. The van der Waals surface area contributed by atoms with Gasteiger partial charge in [0.15, 0.2) is 0 Å². The van der Waals surface area contributed by atoms with Crippen molar-refractivity contribution in [2.75, 3.05) is 11.9 Å². The van der Waals surface area contributed by atoms with Crippen LogP contribution in [0.3, 0.4) is 0 Å². The molecule has 1 rings (SSSR count). The highest BCUT2D eigenvalue weighted by molar-refractivity contribution is 6.05. The molecule has 6 heteroatoms. The second-order valence-electron chi connectivity index (χ2n) is 4.75. The standard InChI is InChI=1S/C15H20N2O4/c1-4-7-12(15(20)21)16-14(19)11-8-5-6-9-13(11)17(3)10(2)18/h5-6,8-9,12H,4,7H2,1-3H3,(H,16,19)(H,20,21). The van der Waals surface area contributed by atoms with Crippen LogP contribution in [0.2, 0.25) is 0 Å². The van der Waals surface area contributed by atoms with Gasteiger partial charge >= 0.3 is 5.97 Å². The molecule has 2 N–H and O–H groups in total. The molecular formula is C15H20N2O4. The molecule has 1 aromatic rings. The monoisotopic (exact) mass is 292 g/mol. The van der Waals surface area contributed by atoms with Crippen LogP contribution in [0.4, 0.5) is 5.69 Å². The van der Waals surface area contributed by atoms with Crippen LogP contribution in [0.15, 0.2) is 24.3 Å². The fourth-order valence-corrected chi connectivity index (χ4v) is 1.91. The van der Waals surface area contributed by atoms with E-state index in [0.717, 1.165) is 0 Å². The molecular weight excluding hydrogens is 272 g/mol. The number of hydrogen-bond acceptors (Lipinski definition) is 3. The number of carboxylic acids is 1. The number of rotatable bonds is 6. The zero-order valence-corrected chi connectivity index (χ0v) is 12.4. The van der Waals surface area contributed by atoms with E-state index in [1.165, 1.54) is 11.8 Å². The van der Waals surface area contributed by atoms with Crippen molar-refractivity contribution in [3.05, 3.63) is 29.8 Å². The average Bonchev–Trinajstić information content (AvgIpc) is 2.45. The van der Waals surface area contributed by atoms with Crippen molar-refractivity contribution >= 4 is 23.5 Å². The largest absolute Gasteiger partial charge is 0.480 e. The predicted molar refractivity (Wildman–Crippen MR) is 79.3 cm³/mol. The molecule has 0 saturated heterocycles. The van der Waals surface area contributed by atoms with Gasteiger partial charge in [-0.3, -0.25) is 9.59 Å². The Balaban J connectivity index is 3.02. The molecule has 0 fully saturated rings. The summed E-state index contributed by atoms with van der Waals surface area (Å²) < 4.78 is 0. The van der Waals surface area contributed by atoms with E-state index in [0.29, 0.717) is 18.5 Å². The predicted octanol–water partition coefficient (Wildman–Crippen LogP) is 1.65. The number of amides is 2. The minimum atomic E-state index is -1.07. The van der Waals surface area contributed by atoms with Gasteiger partial charge in [-0.15, -0.1) is 0 Å². The van der Waals surface area contributed by atoms with E-state index in [9.17, 15) is 14.4 Å². The normalized spacial score (nSPS) is 11.6. The van der Waals surface area contributed by atoms with Crippen molar-refractivity contribution in [2.45, 2.75) is 32.7 Å². The van der Waals surface area contributed by atoms with Crippen molar-refractivity contribution in [3.8, 4) is 0 Å². The lowest BCUT2D eigenvalue weighted by atomic mass is 10.1. The molecule has 0 aliphatic carbocycles. The zero-order chi connectivity index (χ0) is 16.0. The molecule has 114 valence electrons. The Kier molecular flexibility index (Phi) is 5.90. The molecule has 0 heterocycles. The number of hydrogen-bond donors (Lipinski definition) is 2. The number of para-hydroxylation sites is 1. The second kappa shape index (κ2) is 7.42. The van der Waals surface area contributed by atoms with Gasteiger partial charge in [0.1, 0.15) is 6.04 Å². The summed E-state index contributed by atoms with van der Waals surface area (Å²) in [6.45, 7) is 3.24. The lowest BCUT2D eigenvalue weighted by Crippen LogP contribution is -2.41. The van der Waals surface area contributed by atoms with Gasteiger partial charge in [0.2, 0.25) is 5.91 Å². The number of carbonyl (C=O) groups excluding carboxylic acids is 2. The third-order valence-corrected chi connectivity index (χ3v) is 3.16. The summed E-state index contributed by atoms with van der Waals surface area (Å²) in [6, 6.07) is 5.66. The SMILES string of the molecule is CCCC(NC(=O)c1ccccc1N(C)C(C)=O)C(=O)O.